The zero-order chi connectivity index (χ0) is 12.1. The largest absolute Gasteiger partial charge is 0.282 e. The molecule has 2 rings (SSSR count). The minimum Gasteiger partial charge on any atom is -0.282 e. The zero-order valence-electron chi connectivity index (χ0n) is 10.00. The Kier molecular flexibility index (Phi) is 2.89. The first kappa shape index (κ1) is 12.1. The van der Waals surface area contributed by atoms with E-state index in [-0.39, 0.29) is 29.1 Å². The third-order valence-electron chi connectivity index (χ3n) is 3.77. The summed E-state index contributed by atoms with van der Waals surface area (Å²) >= 11 is 3.48. The molecular formula is C12H18BrNO2. The monoisotopic (exact) mass is 287 g/mol. The van der Waals surface area contributed by atoms with Crippen molar-refractivity contribution in [2.24, 2.45) is 23.2 Å². The number of hydrogen-bond acceptors (Lipinski definition) is 2. The summed E-state index contributed by atoms with van der Waals surface area (Å²) in [7, 11) is 0. The van der Waals surface area contributed by atoms with Gasteiger partial charge in [-0.15, -0.1) is 0 Å². The van der Waals surface area contributed by atoms with Crippen LogP contribution in [0.5, 0.6) is 0 Å². The molecule has 2 amide bonds. The lowest BCUT2D eigenvalue weighted by molar-refractivity contribution is -0.142. The summed E-state index contributed by atoms with van der Waals surface area (Å²) in [6, 6.07) is 0. The van der Waals surface area contributed by atoms with E-state index < -0.39 is 0 Å². The van der Waals surface area contributed by atoms with Crippen LogP contribution in [0.1, 0.15) is 27.2 Å². The fourth-order valence-corrected chi connectivity index (χ4v) is 3.38. The average molecular weight is 288 g/mol. The molecule has 2 aliphatic rings. The van der Waals surface area contributed by atoms with Crippen molar-refractivity contribution in [1.29, 1.82) is 0 Å². The van der Waals surface area contributed by atoms with E-state index in [1.54, 1.807) is 0 Å². The van der Waals surface area contributed by atoms with E-state index in [9.17, 15) is 9.59 Å². The molecule has 0 N–H and O–H groups in total. The first-order chi connectivity index (χ1) is 7.36. The molecule has 0 radical (unpaired) electrons. The average Bonchev–Trinajstić information content (AvgIpc) is 2.90. The predicted octanol–water partition coefficient (Wildman–Crippen LogP) is 2.05. The minimum atomic E-state index is 0.0310. The molecule has 0 aromatic heterocycles. The van der Waals surface area contributed by atoms with Gasteiger partial charge in [-0.25, -0.2) is 0 Å². The summed E-state index contributed by atoms with van der Waals surface area (Å²) in [5.41, 5.74) is 0.108. The second kappa shape index (κ2) is 3.83. The first-order valence-corrected chi connectivity index (χ1v) is 6.89. The van der Waals surface area contributed by atoms with Crippen LogP contribution in [0.3, 0.4) is 0 Å². The molecule has 3 nitrogen and oxygen atoms in total. The number of halogens is 1. The highest BCUT2D eigenvalue weighted by atomic mass is 79.9. The SMILES string of the molecule is CC(C)(C)C(CBr)CN1C(=O)C2CC2C1=O. The number of alkyl halides is 1. The van der Waals surface area contributed by atoms with Crippen molar-refractivity contribution in [3.8, 4) is 0 Å². The number of rotatable bonds is 3. The summed E-state index contributed by atoms with van der Waals surface area (Å²) in [5.74, 6) is 0.500. The Labute approximate surface area is 105 Å². The van der Waals surface area contributed by atoms with Crippen LogP contribution in [0.2, 0.25) is 0 Å². The molecule has 0 bridgehead atoms. The molecule has 0 aromatic rings. The lowest BCUT2D eigenvalue weighted by Crippen LogP contribution is -2.41. The Morgan fingerprint density at radius 3 is 2.19 bits per heavy atom. The molecule has 0 aromatic carbocycles. The van der Waals surface area contributed by atoms with Crippen LogP contribution < -0.4 is 0 Å². The highest BCUT2D eigenvalue weighted by Crippen LogP contribution is 2.47. The summed E-state index contributed by atoms with van der Waals surface area (Å²) in [4.78, 5) is 25.1. The quantitative estimate of drug-likeness (QED) is 0.589. The Bertz CT molecular complexity index is 314. The number of amides is 2. The van der Waals surface area contributed by atoms with Gasteiger partial charge in [0, 0.05) is 11.9 Å². The van der Waals surface area contributed by atoms with Gasteiger partial charge in [-0.1, -0.05) is 36.7 Å². The van der Waals surface area contributed by atoms with Crippen molar-refractivity contribution in [2.45, 2.75) is 27.2 Å². The van der Waals surface area contributed by atoms with Gasteiger partial charge in [-0.05, 0) is 17.8 Å². The van der Waals surface area contributed by atoms with E-state index >= 15 is 0 Å². The van der Waals surface area contributed by atoms with Gasteiger partial charge in [0.2, 0.25) is 11.8 Å². The first-order valence-electron chi connectivity index (χ1n) is 5.77. The molecule has 1 aliphatic carbocycles. The molecular weight excluding hydrogens is 270 g/mol. The highest BCUT2D eigenvalue weighted by molar-refractivity contribution is 9.09. The van der Waals surface area contributed by atoms with Crippen LogP contribution in [0, 0.1) is 23.2 Å². The van der Waals surface area contributed by atoms with Gasteiger partial charge in [-0.2, -0.15) is 0 Å². The van der Waals surface area contributed by atoms with Gasteiger partial charge in [0.1, 0.15) is 0 Å². The third kappa shape index (κ3) is 1.92. The fourth-order valence-electron chi connectivity index (χ4n) is 2.20. The number of nitrogens with zero attached hydrogens (tertiary/aromatic N) is 1. The Morgan fingerprint density at radius 1 is 1.31 bits per heavy atom. The van der Waals surface area contributed by atoms with Crippen molar-refractivity contribution in [2.75, 3.05) is 11.9 Å². The lowest BCUT2D eigenvalue weighted by Gasteiger charge is -2.32. The van der Waals surface area contributed by atoms with E-state index in [4.69, 9.17) is 0 Å². The number of fused-ring (bicyclic) bond motifs is 1. The highest BCUT2D eigenvalue weighted by Gasteiger charge is 2.59. The van der Waals surface area contributed by atoms with E-state index in [1.807, 2.05) is 0 Å². The molecule has 1 saturated heterocycles. The number of likely N-dealkylation sites (tertiary alicyclic amines) is 1. The molecule has 2 fully saturated rings. The number of hydrogen-bond donors (Lipinski definition) is 0. The van der Waals surface area contributed by atoms with Crippen LogP contribution in [0.4, 0.5) is 0 Å². The van der Waals surface area contributed by atoms with E-state index in [1.165, 1.54) is 4.90 Å². The topological polar surface area (TPSA) is 37.4 Å². The Morgan fingerprint density at radius 2 is 1.81 bits per heavy atom. The Hall–Kier alpha value is -0.380. The minimum absolute atomic E-state index is 0.0310. The van der Waals surface area contributed by atoms with Gasteiger partial charge < -0.3 is 0 Å². The molecule has 1 aliphatic heterocycles. The van der Waals surface area contributed by atoms with Crippen molar-refractivity contribution < 1.29 is 9.59 Å². The molecule has 1 heterocycles. The number of piperidine rings is 1. The van der Waals surface area contributed by atoms with E-state index in [2.05, 4.69) is 36.7 Å². The van der Waals surface area contributed by atoms with Crippen molar-refractivity contribution in [3.05, 3.63) is 0 Å². The van der Waals surface area contributed by atoms with Crippen LogP contribution in [-0.2, 0) is 9.59 Å². The standard InChI is InChI=1S/C12H18BrNO2/c1-12(2,3)7(5-13)6-14-10(15)8-4-9(8)11(14)16/h7-9H,4-6H2,1-3H3. The van der Waals surface area contributed by atoms with Crippen LogP contribution in [0.15, 0.2) is 0 Å². The van der Waals surface area contributed by atoms with Gasteiger partial charge in [-0.3, -0.25) is 14.5 Å². The van der Waals surface area contributed by atoms with Crippen LogP contribution in [-0.4, -0.2) is 28.6 Å². The van der Waals surface area contributed by atoms with Crippen LogP contribution >= 0.6 is 15.9 Å². The second-order valence-electron chi connectivity index (χ2n) is 5.95. The molecule has 16 heavy (non-hydrogen) atoms. The number of imide groups is 1. The molecule has 90 valence electrons. The normalized spacial score (nSPS) is 30.6. The zero-order valence-corrected chi connectivity index (χ0v) is 11.6. The lowest BCUT2D eigenvalue weighted by atomic mass is 9.82. The fraction of sp³-hybridized carbons (Fsp3) is 0.833. The van der Waals surface area contributed by atoms with Crippen molar-refractivity contribution >= 4 is 27.7 Å². The molecule has 1 saturated carbocycles. The maximum Gasteiger partial charge on any atom is 0.233 e. The molecule has 3 atom stereocenters. The van der Waals surface area contributed by atoms with Crippen molar-refractivity contribution in [3.63, 3.8) is 0 Å². The summed E-state index contributed by atoms with van der Waals surface area (Å²) < 4.78 is 0. The molecule has 0 spiro atoms. The summed E-state index contributed by atoms with van der Waals surface area (Å²) in [6.45, 7) is 7.00. The molecule has 4 heteroatoms. The smallest absolute Gasteiger partial charge is 0.233 e. The van der Waals surface area contributed by atoms with E-state index in [0.717, 1.165) is 11.8 Å². The Balaban J connectivity index is 2.04. The van der Waals surface area contributed by atoms with Gasteiger partial charge in [0.05, 0.1) is 11.8 Å². The van der Waals surface area contributed by atoms with Gasteiger partial charge >= 0.3 is 0 Å². The second-order valence-corrected chi connectivity index (χ2v) is 6.60. The molecule has 3 unspecified atom stereocenters. The predicted molar refractivity (Wildman–Crippen MR) is 65.1 cm³/mol. The van der Waals surface area contributed by atoms with E-state index in [0.29, 0.717) is 12.5 Å². The summed E-state index contributed by atoms with van der Waals surface area (Å²) in [5, 5.41) is 0.822. The maximum absolute atomic E-state index is 11.8. The van der Waals surface area contributed by atoms with Gasteiger partial charge in [0.25, 0.3) is 0 Å². The summed E-state index contributed by atoms with van der Waals surface area (Å²) in [6.07, 6.45) is 0.794. The van der Waals surface area contributed by atoms with Crippen LogP contribution in [0.25, 0.3) is 0 Å². The number of carbonyl (C=O) groups excluding carboxylic acids is 2. The maximum atomic E-state index is 11.8. The number of carbonyl (C=O) groups is 2. The van der Waals surface area contributed by atoms with Gasteiger partial charge in [0.15, 0.2) is 0 Å². The van der Waals surface area contributed by atoms with Crippen molar-refractivity contribution in [1.82, 2.24) is 4.90 Å². The third-order valence-corrected chi connectivity index (χ3v) is 4.55.